The van der Waals surface area contributed by atoms with Crippen LogP contribution in [0.2, 0.25) is 0 Å². The first-order valence-corrected chi connectivity index (χ1v) is 10.5. The zero-order chi connectivity index (χ0) is 21.7. The Kier molecular flexibility index (Phi) is 6.91. The van der Waals surface area contributed by atoms with Crippen LogP contribution in [0.5, 0.6) is 0 Å². The van der Waals surface area contributed by atoms with Crippen molar-refractivity contribution >= 4 is 0 Å². The van der Waals surface area contributed by atoms with E-state index in [4.69, 9.17) is 0 Å². The Morgan fingerprint density at radius 1 is 1.07 bits per heavy atom. The van der Waals surface area contributed by atoms with Crippen LogP contribution in [0.15, 0.2) is 53.3 Å². The van der Waals surface area contributed by atoms with E-state index in [1.807, 2.05) is 57.5 Å². The van der Waals surface area contributed by atoms with Gasteiger partial charge in [-0.3, -0.25) is 14.2 Å². The Morgan fingerprint density at radius 3 is 2.40 bits per heavy atom. The molecule has 30 heavy (non-hydrogen) atoms. The van der Waals surface area contributed by atoms with Gasteiger partial charge in [0.05, 0.1) is 18.2 Å². The van der Waals surface area contributed by atoms with E-state index in [9.17, 15) is 10.1 Å². The van der Waals surface area contributed by atoms with Gasteiger partial charge in [-0.1, -0.05) is 55.8 Å². The number of likely N-dealkylation sites (N-methyl/N-ethyl adjacent to an activating group) is 1. The van der Waals surface area contributed by atoms with E-state index in [1.165, 1.54) is 0 Å². The van der Waals surface area contributed by atoms with Crippen molar-refractivity contribution in [1.29, 1.82) is 5.26 Å². The molecule has 0 aliphatic heterocycles. The molecule has 0 aliphatic rings. The summed E-state index contributed by atoms with van der Waals surface area (Å²) in [7, 11) is 5.96. The van der Waals surface area contributed by atoms with Crippen LogP contribution in [0, 0.1) is 11.3 Å². The highest BCUT2D eigenvalue weighted by Gasteiger charge is 2.18. The topological polar surface area (TPSA) is 54.0 Å². The summed E-state index contributed by atoms with van der Waals surface area (Å²) in [6, 6.07) is 18.1. The fraction of sp³-hybridized carbons (Fsp3) is 0.360. The zero-order valence-corrected chi connectivity index (χ0v) is 18.4. The van der Waals surface area contributed by atoms with Crippen LogP contribution < -0.4 is 5.56 Å². The lowest BCUT2D eigenvalue weighted by molar-refractivity contribution is 0.349. The Balaban J connectivity index is 1.91. The molecule has 0 amide bonds. The van der Waals surface area contributed by atoms with Gasteiger partial charge in [-0.2, -0.15) is 5.26 Å². The Morgan fingerprint density at radius 2 is 1.77 bits per heavy atom. The summed E-state index contributed by atoms with van der Waals surface area (Å²) in [5.41, 5.74) is 5.85. The average molecular weight is 403 g/mol. The number of nitriles is 1. The second-order valence-corrected chi connectivity index (χ2v) is 7.96. The number of benzene rings is 2. The first-order valence-electron chi connectivity index (χ1n) is 10.5. The van der Waals surface area contributed by atoms with Crippen LogP contribution in [0.25, 0.3) is 11.1 Å². The molecule has 3 rings (SSSR count). The summed E-state index contributed by atoms with van der Waals surface area (Å²) < 4.78 is 3.90. The first-order chi connectivity index (χ1) is 14.5. The predicted molar refractivity (Wildman–Crippen MR) is 122 cm³/mol. The van der Waals surface area contributed by atoms with Crippen molar-refractivity contribution in [3.63, 3.8) is 0 Å². The number of hydrogen-bond acceptors (Lipinski definition) is 3. The van der Waals surface area contributed by atoms with Crippen LogP contribution in [-0.4, -0.2) is 34.9 Å². The van der Waals surface area contributed by atoms with Crippen molar-refractivity contribution in [2.24, 2.45) is 7.05 Å². The highest BCUT2D eigenvalue weighted by Crippen LogP contribution is 2.24. The molecule has 5 nitrogen and oxygen atoms in total. The predicted octanol–water partition coefficient (Wildman–Crippen LogP) is 3.83. The molecule has 5 heteroatoms. The van der Waals surface area contributed by atoms with E-state index in [-0.39, 0.29) is 5.56 Å². The van der Waals surface area contributed by atoms with E-state index in [2.05, 4.69) is 34.7 Å². The number of hydrogen-bond donors (Lipinski definition) is 0. The van der Waals surface area contributed by atoms with Gasteiger partial charge in [-0.15, -0.1) is 0 Å². The van der Waals surface area contributed by atoms with Crippen LogP contribution in [0.3, 0.4) is 0 Å². The number of rotatable bonds is 8. The number of nitrogens with zero attached hydrogens (tertiary/aromatic N) is 4. The third-order valence-corrected chi connectivity index (χ3v) is 5.51. The molecule has 0 fully saturated rings. The summed E-state index contributed by atoms with van der Waals surface area (Å²) in [6.45, 7) is 3.85. The van der Waals surface area contributed by atoms with Gasteiger partial charge in [0.1, 0.15) is 0 Å². The molecule has 0 atom stereocenters. The highest BCUT2D eigenvalue weighted by atomic mass is 16.1. The van der Waals surface area contributed by atoms with E-state index in [1.54, 1.807) is 4.68 Å². The minimum Gasteiger partial charge on any atom is -0.308 e. The Bertz CT molecular complexity index is 1100. The smallest absolute Gasteiger partial charge is 0.270 e. The van der Waals surface area contributed by atoms with Crippen LogP contribution in [0.1, 0.15) is 35.7 Å². The van der Waals surface area contributed by atoms with Crippen molar-refractivity contribution < 1.29 is 0 Å². The largest absolute Gasteiger partial charge is 0.308 e. The third-order valence-electron chi connectivity index (χ3n) is 5.51. The van der Waals surface area contributed by atoms with Crippen LogP contribution in [-0.2, 0) is 26.4 Å². The molecule has 0 saturated carbocycles. The van der Waals surface area contributed by atoms with E-state index in [0.29, 0.717) is 12.0 Å². The zero-order valence-electron chi connectivity index (χ0n) is 18.4. The van der Waals surface area contributed by atoms with Crippen molar-refractivity contribution in [2.75, 3.05) is 20.6 Å². The van der Waals surface area contributed by atoms with Gasteiger partial charge in [-0.05, 0) is 43.3 Å². The molecule has 0 spiro atoms. The molecule has 0 aliphatic carbocycles. The van der Waals surface area contributed by atoms with E-state index >= 15 is 0 Å². The molecule has 0 saturated heterocycles. The van der Waals surface area contributed by atoms with Gasteiger partial charge in [0.15, 0.2) is 0 Å². The van der Waals surface area contributed by atoms with Crippen molar-refractivity contribution in [3.05, 3.63) is 81.3 Å². The summed E-state index contributed by atoms with van der Waals surface area (Å²) in [5.74, 6) is 0. The lowest BCUT2D eigenvalue weighted by Crippen LogP contribution is -2.26. The molecule has 0 radical (unpaired) electrons. The fourth-order valence-electron chi connectivity index (χ4n) is 3.88. The van der Waals surface area contributed by atoms with Gasteiger partial charge >= 0.3 is 0 Å². The SMILES string of the molecule is CCCc1c(Cc2ccc(-c3ccccc3C#N)cc2)c(=O)n(C)n1CCN(C)C. The second-order valence-electron chi connectivity index (χ2n) is 7.96. The summed E-state index contributed by atoms with van der Waals surface area (Å²) in [6.07, 6.45) is 2.52. The lowest BCUT2D eigenvalue weighted by Gasteiger charge is -2.15. The van der Waals surface area contributed by atoms with Gasteiger partial charge in [0.2, 0.25) is 0 Å². The fourth-order valence-corrected chi connectivity index (χ4v) is 3.88. The monoisotopic (exact) mass is 402 g/mol. The molecule has 0 bridgehead atoms. The molecular weight excluding hydrogens is 372 g/mol. The molecule has 156 valence electrons. The standard InChI is InChI=1S/C25H30N4O/c1-5-8-24-23(25(30)28(4)29(24)16-15-27(2)3)17-19-11-13-20(14-12-19)22-10-7-6-9-21(22)18-26/h6-7,9-14H,5,8,15-17H2,1-4H3. The maximum atomic E-state index is 13.0. The third kappa shape index (κ3) is 4.55. The summed E-state index contributed by atoms with van der Waals surface area (Å²) >= 11 is 0. The van der Waals surface area contributed by atoms with Crippen molar-refractivity contribution in [1.82, 2.24) is 14.3 Å². The quantitative estimate of drug-likeness (QED) is 0.575. The molecule has 1 heterocycles. The van der Waals surface area contributed by atoms with Gasteiger partial charge < -0.3 is 4.90 Å². The number of aromatic nitrogens is 2. The first kappa shape index (κ1) is 21.6. The molecule has 0 unspecified atom stereocenters. The summed E-state index contributed by atoms with van der Waals surface area (Å²) in [5, 5.41) is 9.35. The average Bonchev–Trinajstić information content (AvgIpc) is 2.97. The normalized spacial score (nSPS) is 11.1. The van der Waals surface area contributed by atoms with Gasteiger partial charge in [0.25, 0.3) is 5.56 Å². The Labute approximate surface area is 178 Å². The van der Waals surface area contributed by atoms with Crippen LogP contribution >= 0.6 is 0 Å². The maximum Gasteiger partial charge on any atom is 0.270 e. The highest BCUT2D eigenvalue weighted by molar-refractivity contribution is 5.70. The van der Waals surface area contributed by atoms with E-state index < -0.39 is 0 Å². The molecule has 2 aromatic carbocycles. The van der Waals surface area contributed by atoms with Gasteiger partial charge in [0, 0.05) is 31.3 Å². The molecule has 0 N–H and O–H groups in total. The minimum atomic E-state index is 0.0936. The molecule has 3 aromatic rings. The summed E-state index contributed by atoms with van der Waals surface area (Å²) in [4.78, 5) is 15.1. The Hall–Kier alpha value is -3.10. The van der Waals surface area contributed by atoms with Crippen molar-refractivity contribution in [2.45, 2.75) is 32.7 Å². The molecule has 1 aromatic heterocycles. The minimum absolute atomic E-state index is 0.0936. The maximum absolute atomic E-state index is 13.0. The lowest BCUT2D eigenvalue weighted by atomic mass is 9.97. The molecular formula is C25H30N4O. The van der Waals surface area contributed by atoms with Crippen LogP contribution in [0.4, 0.5) is 0 Å². The van der Waals surface area contributed by atoms with Crippen molar-refractivity contribution in [3.8, 4) is 17.2 Å². The van der Waals surface area contributed by atoms with E-state index in [0.717, 1.165) is 53.9 Å². The van der Waals surface area contributed by atoms with Gasteiger partial charge in [-0.25, -0.2) is 0 Å². The second kappa shape index (κ2) is 9.60.